The molecule has 0 saturated carbocycles. The van der Waals surface area contributed by atoms with Crippen LogP contribution in [0.4, 0.5) is 4.79 Å². The van der Waals surface area contributed by atoms with Gasteiger partial charge in [0.15, 0.2) is 0 Å². The molecule has 0 spiro atoms. The average Bonchev–Trinajstić information content (AvgIpc) is 2.53. The number of benzene rings is 2. The third-order valence-electron chi connectivity index (χ3n) is 4.55. The SMILES string of the molecule is CC(C)(C)OC(=O)N1CC(C(O)(c2ccccc2)c2ccccc2)C1. The molecule has 1 saturated heterocycles. The number of likely N-dealkylation sites (tertiary alicyclic amines) is 1. The van der Waals surface area contributed by atoms with Gasteiger partial charge in [-0.1, -0.05) is 60.7 Å². The van der Waals surface area contributed by atoms with Crippen molar-refractivity contribution in [2.75, 3.05) is 13.1 Å². The molecule has 4 heteroatoms. The summed E-state index contributed by atoms with van der Waals surface area (Å²) in [5, 5.41) is 11.6. The van der Waals surface area contributed by atoms with E-state index in [2.05, 4.69) is 0 Å². The molecule has 0 bridgehead atoms. The van der Waals surface area contributed by atoms with Crippen LogP contribution in [0.1, 0.15) is 31.9 Å². The Bertz CT molecular complexity index is 676. The van der Waals surface area contributed by atoms with Crippen molar-refractivity contribution in [3.8, 4) is 0 Å². The number of hydrogen-bond donors (Lipinski definition) is 1. The molecular weight excluding hydrogens is 314 g/mol. The molecule has 2 aromatic carbocycles. The van der Waals surface area contributed by atoms with Crippen molar-refractivity contribution in [2.24, 2.45) is 5.92 Å². The van der Waals surface area contributed by atoms with Crippen LogP contribution in [0.5, 0.6) is 0 Å². The summed E-state index contributed by atoms with van der Waals surface area (Å²) in [6.45, 7) is 6.50. The molecule has 1 aliphatic heterocycles. The largest absolute Gasteiger partial charge is 0.444 e. The van der Waals surface area contributed by atoms with Gasteiger partial charge in [-0.2, -0.15) is 0 Å². The third kappa shape index (κ3) is 3.54. The molecule has 0 radical (unpaired) electrons. The van der Waals surface area contributed by atoms with E-state index in [1.54, 1.807) is 4.90 Å². The number of hydrogen-bond acceptors (Lipinski definition) is 3. The fraction of sp³-hybridized carbons (Fsp3) is 0.381. The van der Waals surface area contributed by atoms with Crippen molar-refractivity contribution in [1.82, 2.24) is 4.90 Å². The number of rotatable bonds is 3. The lowest BCUT2D eigenvalue weighted by Crippen LogP contribution is -2.59. The van der Waals surface area contributed by atoms with E-state index in [1.807, 2.05) is 81.4 Å². The van der Waals surface area contributed by atoms with E-state index in [1.165, 1.54) is 0 Å². The monoisotopic (exact) mass is 339 g/mol. The Balaban J connectivity index is 1.83. The fourth-order valence-corrected chi connectivity index (χ4v) is 3.24. The molecule has 0 atom stereocenters. The summed E-state index contributed by atoms with van der Waals surface area (Å²) in [4.78, 5) is 13.9. The van der Waals surface area contributed by atoms with Gasteiger partial charge in [0, 0.05) is 19.0 Å². The Morgan fingerprint density at radius 2 is 1.40 bits per heavy atom. The van der Waals surface area contributed by atoms with Crippen LogP contribution in [0.15, 0.2) is 60.7 Å². The van der Waals surface area contributed by atoms with E-state index < -0.39 is 11.2 Å². The van der Waals surface area contributed by atoms with Crippen LogP contribution < -0.4 is 0 Å². The zero-order chi connectivity index (χ0) is 18.1. The number of nitrogens with zero attached hydrogens (tertiary/aromatic N) is 1. The lowest BCUT2D eigenvalue weighted by atomic mass is 9.72. The summed E-state index contributed by atoms with van der Waals surface area (Å²) < 4.78 is 5.42. The van der Waals surface area contributed by atoms with E-state index in [0.29, 0.717) is 13.1 Å². The van der Waals surface area contributed by atoms with Crippen LogP contribution in [0.25, 0.3) is 0 Å². The standard InChI is InChI=1S/C21H25NO3/c1-20(2,3)25-19(23)22-14-18(15-22)21(24,16-10-6-4-7-11-16)17-12-8-5-9-13-17/h4-13,18,24H,14-15H2,1-3H3. The summed E-state index contributed by atoms with van der Waals surface area (Å²) >= 11 is 0. The van der Waals surface area contributed by atoms with Crippen LogP contribution in [0.2, 0.25) is 0 Å². The molecule has 4 nitrogen and oxygen atoms in total. The third-order valence-corrected chi connectivity index (χ3v) is 4.55. The van der Waals surface area contributed by atoms with E-state index in [9.17, 15) is 9.90 Å². The van der Waals surface area contributed by atoms with E-state index >= 15 is 0 Å². The zero-order valence-electron chi connectivity index (χ0n) is 15.0. The molecule has 25 heavy (non-hydrogen) atoms. The number of aliphatic hydroxyl groups is 1. The van der Waals surface area contributed by atoms with Gasteiger partial charge >= 0.3 is 6.09 Å². The molecule has 0 aromatic heterocycles. The van der Waals surface area contributed by atoms with Gasteiger partial charge in [0.25, 0.3) is 0 Å². The van der Waals surface area contributed by atoms with Gasteiger partial charge in [0.05, 0.1) is 0 Å². The first-order chi connectivity index (χ1) is 11.8. The first kappa shape index (κ1) is 17.5. The minimum absolute atomic E-state index is 0.0789. The van der Waals surface area contributed by atoms with Crippen LogP contribution in [-0.2, 0) is 10.3 Å². The van der Waals surface area contributed by atoms with Crippen molar-refractivity contribution in [3.63, 3.8) is 0 Å². The number of amides is 1. The van der Waals surface area contributed by atoms with Crippen LogP contribution >= 0.6 is 0 Å². The van der Waals surface area contributed by atoms with Crippen molar-refractivity contribution >= 4 is 6.09 Å². The molecule has 0 aliphatic carbocycles. The summed E-state index contributed by atoms with van der Waals surface area (Å²) in [7, 11) is 0. The zero-order valence-corrected chi connectivity index (χ0v) is 15.0. The van der Waals surface area contributed by atoms with Crippen molar-refractivity contribution < 1.29 is 14.6 Å². The molecule has 132 valence electrons. The molecule has 1 fully saturated rings. The van der Waals surface area contributed by atoms with Gasteiger partial charge in [0.2, 0.25) is 0 Å². The Labute approximate surface area is 149 Å². The van der Waals surface area contributed by atoms with Crippen LogP contribution in [-0.4, -0.2) is 34.8 Å². The molecule has 2 aromatic rings. The summed E-state index contributed by atoms with van der Waals surface area (Å²) in [6.07, 6.45) is -0.327. The highest BCUT2D eigenvalue weighted by Gasteiger charge is 2.48. The second-order valence-corrected chi connectivity index (χ2v) is 7.58. The molecule has 1 aliphatic rings. The van der Waals surface area contributed by atoms with E-state index in [4.69, 9.17) is 4.74 Å². The van der Waals surface area contributed by atoms with Crippen molar-refractivity contribution in [3.05, 3.63) is 71.8 Å². The summed E-state index contributed by atoms with van der Waals surface area (Å²) in [6, 6.07) is 19.3. The van der Waals surface area contributed by atoms with Gasteiger partial charge in [-0.05, 0) is 31.9 Å². The number of carbonyl (C=O) groups excluding carboxylic acids is 1. The molecule has 1 amide bonds. The normalized spacial score (nSPS) is 15.6. The Morgan fingerprint density at radius 3 is 1.80 bits per heavy atom. The Morgan fingerprint density at radius 1 is 0.960 bits per heavy atom. The van der Waals surface area contributed by atoms with Crippen molar-refractivity contribution in [1.29, 1.82) is 0 Å². The predicted octanol–water partition coefficient (Wildman–Crippen LogP) is 3.79. The maximum absolute atomic E-state index is 12.2. The van der Waals surface area contributed by atoms with E-state index in [-0.39, 0.29) is 12.0 Å². The highest BCUT2D eigenvalue weighted by Crippen LogP contribution is 2.41. The molecule has 0 unspecified atom stereocenters. The quantitative estimate of drug-likeness (QED) is 0.925. The predicted molar refractivity (Wildman–Crippen MR) is 97.2 cm³/mol. The lowest BCUT2D eigenvalue weighted by molar-refractivity contribution is -0.0691. The lowest BCUT2D eigenvalue weighted by Gasteiger charge is -2.48. The van der Waals surface area contributed by atoms with Gasteiger partial charge in [-0.15, -0.1) is 0 Å². The highest BCUT2D eigenvalue weighted by atomic mass is 16.6. The molecule has 3 rings (SSSR count). The van der Waals surface area contributed by atoms with Gasteiger partial charge in [-0.3, -0.25) is 0 Å². The smallest absolute Gasteiger partial charge is 0.410 e. The average molecular weight is 339 g/mol. The summed E-state index contributed by atoms with van der Waals surface area (Å²) in [5.74, 6) is -0.0789. The van der Waals surface area contributed by atoms with Gasteiger partial charge in [0.1, 0.15) is 11.2 Å². The minimum atomic E-state index is -1.12. The second kappa shape index (κ2) is 6.52. The molecule has 1 N–H and O–H groups in total. The fourth-order valence-electron chi connectivity index (χ4n) is 3.24. The maximum atomic E-state index is 12.2. The topological polar surface area (TPSA) is 49.8 Å². The number of ether oxygens (including phenoxy) is 1. The van der Waals surface area contributed by atoms with Crippen molar-refractivity contribution in [2.45, 2.75) is 32.0 Å². The summed E-state index contributed by atoms with van der Waals surface area (Å²) in [5.41, 5.74) is 0.0447. The first-order valence-corrected chi connectivity index (χ1v) is 8.62. The highest BCUT2D eigenvalue weighted by molar-refractivity contribution is 5.69. The minimum Gasteiger partial charge on any atom is -0.444 e. The Hall–Kier alpha value is -2.33. The van der Waals surface area contributed by atoms with Gasteiger partial charge in [-0.25, -0.2) is 4.79 Å². The molecular formula is C21H25NO3. The first-order valence-electron chi connectivity index (χ1n) is 8.62. The number of carbonyl (C=O) groups is 1. The van der Waals surface area contributed by atoms with Gasteiger partial charge < -0.3 is 14.7 Å². The van der Waals surface area contributed by atoms with Crippen LogP contribution in [0.3, 0.4) is 0 Å². The van der Waals surface area contributed by atoms with E-state index in [0.717, 1.165) is 11.1 Å². The van der Waals surface area contributed by atoms with Crippen LogP contribution in [0, 0.1) is 5.92 Å². The second-order valence-electron chi connectivity index (χ2n) is 7.58. The molecule has 1 heterocycles. The maximum Gasteiger partial charge on any atom is 0.410 e. The Kier molecular flexibility index (Phi) is 4.56.